The van der Waals surface area contributed by atoms with Gasteiger partial charge in [0.25, 0.3) is 0 Å². The van der Waals surface area contributed by atoms with Crippen LogP contribution in [0.15, 0.2) is 71.2 Å². The number of allylic oxidation sites excluding steroid dienone is 1. The van der Waals surface area contributed by atoms with Gasteiger partial charge in [0, 0.05) is 36.1 Å². The lowest BCUT2D eigenvalue weighted by Crippen LogP contribution is -2.11. The van der Waals surface area contributed by atoms with Crippen LogP contribution in [0.4, 0.5) is 10.1 Å². The molecule has 1 fully saturated rings. The molecule has 0 radical (unpaired) electrons. The van der Waals surface area contributed by atoms with Crippen LogP contribution in [0.3, 0.4) is 0 Å². The zero-order chi connectivity index (χ0) is 25.2. The Kier molecular flexibility index (Phi) is 9.81. The molecule has 0 aromatic heterocycles. The second kappa shape index (κ2) is 13.0. The molecule has 0 unspecified atom stereocenters. The Bertz CT molecular complexity index is 1080. The van der Waals surface area contributed by atoms with Gasteiger partial charge in [-0.05, 0) is 67.7 Å². The molecule has 0 amide bonds. The van der Waals surface area contributed by atoms with Crippen molar-refractivity contribution in [3.8, 4) is 5.75 Å². The van der Waals surface area contributed by atoms with Gasteiger partial charge < -0.3 is 20.1 Å². The third-order valence-corrected chi connectivity index (χ3v) is 5.70. The number of benzene rings is 2. The van der Waals surface area contributed by atoms with Crippen molar-refractivity contribution in [2.24, 2.45) is 11.0 Å². The highest BCUT2D eigenvalue weighted by atomic mass is 35.5. The number of halogens is 2. The largest absolute Gasteiger partial charge is 0.497 e. The van der Waals surface area contributed by atoms with E-state index in [9.17, 15) is 4.39 Å². The maximum absolute atomic E-state index is 14.2. The molecule has 1 saturated carbocycles. The highest BCUT2D eigenvalue weighted by molar-refractivity contribution is 6.67. The normalized spacial score (nSPS) is 14.9. The maximum atomic E-state index is 14.2. The quantitative estimate of drug-likeness (QED) is 0.168. The third-order valence-electron chi connectivity index (χ3n) is 5.59. The van der Waals surface area contributed by atoms with Gasteiger partial charge in [-0.2, -0.15) is 5.11 Å². The molecular formula is C26H31ClFN5O2. The standard InChI is InChI=1S/C26H31ClFN5O2/c1-17(35-16-19-5-8-23(34-2)9-6-19)24-11-20(28)7-10-25(24)32-21(13-26(27)29)12-22(33-30)15-31-14-18-3-4-18/h5-11,13,15,17-18,29-32H,3-4,12,14,16H2,1-2H3/b21-13-,22-15-,29-26?,33-30?/t17-/m1/s1. The fraction of sp³-hybridized carbons (Fsp3) is 0.346. The summed E-state index contributed by atoms with van der Waals surface area (Å²) in [5.74, 6) is 1.06. The van der Waals surface area contributed by atoms with Crippen molar-refractivity contribution in [3.05, 3.63) is 83.1 Å². The average molecular weight is 500 g/mol. The van der Waals surface area contributed by atoms with Crippen LogP contribution < -0.4 is 15.4 Å². The third kappa shape index (κ3) is 8.81. The summed E-state index contributed by atoms with van der Waals surface area (Å²) in [4.78, 5) is 0. The summed E-state index contributed by atoms with van der Waals surface area (Å²) < 4.78 is 25.4. The highest BCUT2D eigenvalue weighted by Gasteiger charge is 2.20. The van der Waals surface area contributed by atoms with Crippen molar-refractivity contribution in [2.75, 3.05) is 19.0 Å². The molecule has 7 nitrogen and oxygen atoms in total. The zero-order valence-electron chi connectivity index (χ0n) is 19.9. The molecular weight excluding hydrogens is 469 g/mol. The molecule has 2 aromatic carbocycles. The highest BCUT2D eigenvalue weighted by Crippen LogP contribution is 2.30. The second-order valence-corrected chi connectivity index (χ2v) is 8.86. The lowest BCUT2D eigenvalue weighted by atomic mass is 10.1. The molecule has 9 heteroatoms. The molecule has 2 aromatic rings. The monoisotopic (exact) mass is 499 g/mol. The van der Waals surface area contributed by atoms with Crippen LogP contribution in [-0.2, 0) is 11.3 Å². The van der Waals surface area contributed by atoms with Crippen LogP contribution in [0.25, 0.3) is 0 Å². The van der Waals surface area contributed by atoms with Gasteiger partial charge >= 0.3 is 0 Å². The first-order chi connectivity index (χ1) is 16.9. The van der Waals surface area contributed by atoms with Crippen molar-refractivity contribution in [1.82, 2.24) is 5.32 Å². The number of nitrogens with one attached hydrogen (secondary N) is 4. The number of hydrogen-bond acceptors (Lipinski definition) is 7. The summed E-state index contributed by atoms with van der Waals surface area (Å²) in [7, 11) is 1.61. The molecule has 4 N–H and O–H groups in total. The van der Waals surface area contributed by atoms with Gasteiger partial charge in [0.05, 0.1) is 25.5 Å². The van der Waals surface area contributed by atoms with Gasteiger partial charge in [-0.3, -0.25) is 5.41 Å². The Morgan fingerprint density at radius 1 is 1.26 bits per heavy atom. The molecule has 35 heavy (non-hydrogen) atoms. The van der Waals surface area contributed by atoms with Gasteiger partial charge in [-0.15, -0.1) is 0 Å². The molecule has 186 valence electrons. The Labute approximate surface area is 210 Å². The summed E-state index contributed by atoms with van der Waals surface area (Å²) >= 11 is 5.85. The van der Waals surface area contributed by atoms with Crippen LogP contribution in [0.5, 0.6) is 5.75 Å². The molecule has 0 heterocycles. The minimum absolute atomic E-state index is 0.171. The molecule has 1 aliphatic rings. The minimum atomic E-state index is -0.428. The van der Waals surface area contributed by atoms with E-state index >= 15 is 0 Å². The number of hydrogen-bond donors (Lipinski definition) is 4. The number of nitrogens with zero attached hydrogens (tertiary/aromatic N) is 1. The van der Waals surface area contributed by atoms with Crippen LogP contribution in [0.1, 0.15) is 43.4 Å². The first-order valence-electron chi connectivity index (χ1n) is 11.4. The Balaban J connectivity index is 1.73. The zero-order valence-corrected chi connectivity index (χ0v) is 20.7. The molecule has 3 rings (SSSR count). The van der Waals surface area contributed by atoms with E-state index in [1.165, 1.54) is 31.1 Å². The lowest BCUT2D eigenvalue weighted by molar-refractivity contribution is 0.0528. The maximum Gasteiger partial charge on any atom is 0.123 e. The summed E-state index contributed by atoms with van der Waals surface area (Å²) in [5.41, 5.74) is 10.7. The SMILES string of the molecule is COc1ccc(CO[C@H](C)c2cc(F)ccc2N/C(=C\C(=N)Cl)C/C(=C/NCC2CC2)N=N)cc1. The Hall–Kier alpha value is -3.23. The fourth-order valence-corrected chi connectivity index (χ4v) is 3.59. The Morgan fingerprint density at radius 2 is 2.00 bits per heavy atom. The smallest absolute Gasteiger partial charge is 0.123 e. The molecule has 1 atom stereocenters. The fourth-order valence-electron chi connectivity index (χ4n) is 3.46. The summed E-state index contributed by atoms with van der Waals surface area (Å²) in [6, 6.07) is 12.0. The predicted octanol–water partition coefficient (Wildman–Crippen LogP) is 6.89. The molecule has 0 aliphatic heterocycles. The van der Waals surface area contributed by atoms with E-state index in [4.69, 9.17) is 32.0 Å². The molecule has 0 bridgehead atoms. The first kappa shape index (κ1) is 26.4. The molecule has 0 saturated heterocycles. The van der Waals surface area contributed by atoms with Gasteiger partial charge in [-0.25, -0.2) is 9.92 Å². The molecule has 1 aliphatic carbocycles. The molecule has 0 spiro atoms. The summed E-state index contributed by atoms with van der Waals surface area (Å²) in [5, 5.41) is 17.6. The van der Waals surface area contributed by atoms with Crippen molar-refractivity contribution in [3.63, 3.8) is 0 Å². The summed E-state index contributed by atoms with van der Waals surface area (Å²) in [6.07, 6.45) is 5.42. The van der Waals surface area contributed by atoms with Gasteiger partial charge in [-0.1, -0.05) is 23.7 Å². The minimum Gasteiger partial charge on any atom is -0.497 e. The summed E-state index contributed by atoms with van der Waals surface area (Å²) in [6.45, 7) is 3.04. The number of methoxy groups -OCH3 is 1. The van der Waals surface area contributed by atoms with Crippen LogP contribution >= 0.6 is 11.6 Å². The van der Waals surface area contributed by atoms with Crippen molar-refractivity contribution >= 4 is 22.5 Å². The number of ether oxygens (including phenoxy) is 2. The van der Waals surface area contributed by atoms with E-state index in [0.29, 0.717) is 35.2 Å². The van der Waals surface area contributed by atoms with Gasteiger partial charge in [0.2, 0.25) is 0 Å². The van der Waals surface area contributed by atoms with Crippen molar-refractivity contribution < 1.29 is 13.9 Å². The van der Waals surface area contributed by atoms with E-state index in [1.54, 1.807) is 19.4 Å². The lowest BCUT2D eigenvalue weighted by Gasteiger charge is -2.20. The van der Waals surface area contributed by atoms with Gasteiger partial charge in [0.1, 0.15) is 16.7 Å². The number of anilines is 1. The first-order valence-corrected chi connectivity index (χ1v) is 11.8. The second-order valence-electron chi connectivity index (χ2n) is 8.45. The average Bonchev–Trinajstić information content (AvgIpc) is 3.67. The van der Waals surface area contributed by atoms with E-state index in [-0.39, 0.29) is 17.4 Å². The predicted molar refractivity (Wildman–Crippen MR) is 136 cm³/mol. The van der Waals surface area contributed by atoms with Crippen molar-refractivity contribution in [1.29, 1.82) is 10.9 Å². The van der Waals surface area contributed by atoms with E-state index in [2.05, 4.69) is 15.7 Å². The number of rotatable bonds is 14. The van der Waals surface area contributed by atoms with Gasteiger partial charge in [0.15, 0.2) is 0 Å². The van der Waals surface area contributed by atoms with Crippen LogP contribution in [0.2, 0.25) is 0 Å². The van der Waals surface area contributed by atoms with E-state index in [1.807, 2.05) is 31.2 Å². The Morgan fingerprint density at radius 3 is 2.63 bits per heavy atom. The van der Waals surface area contributed by atoms with E-state index < -0.39 is 6.10 Å². The van der Waals surface area contributed by atoms with Crippen molar-refractivity contribution in [2.45, 2.75) is 38.9 Å². The van der Waals surface area contributed by atoms with E-state index in [0.717, 1.165) is 17.9 Å². The van der Waals surface area contributed by atoms with Crippen LogP contribution in [0, 0.1) is 22.7 Å². The topological polar surface area (TPSA) is 103 Å². The van der Waals surface area contributed by atoms with Crippen LogP contribution in [-0.4, -0.2) is 18.8 Å².